The minimum atomic E-state index is 0.406. The summed E-state index contributed by atoms with van der Waals surface area (Å²) >= 11 is 9.64. The van der Waals surface area contributed by atoms with Crippen molar-refractivity contribution < 1.29 is 4.74 Å². The number of fused-ring (bicyclic) bond motifs is 1. The zero-order valence-electron chi connectivity index (χ0n) is 11.5. The molecule has 3 aromatic rings. The number of rotatable bonds is 2. The van der Waals surface area contributed by atoms with Crippen LogP contribution in [0.4, 0.5) is 5.95 Å². The molecule has 0 fully saturated rings. The number of nitrogens with zero attached hydrogens (tertiary/aromatic N) is 2. The summed E-state index contributed by atoms with van der Waals surface area (Å²) in [5, 5.41) is 0.653. The number of ether oxygens (including phenoxy) is 1. The summed E-state index contributed by atoms with van der Waals surface area (Å²) in [5.41, 5.74) is 9.59. The summed E-state index contributed by atoms with van der Waals surface area (Å²) < 4.78 is 8.26. The Labute approximate surface area is 135 Å². The fourth-order valence-corrected chi connectivity index (χ4v) is 2.81. The van der Waals surface area contributed by atoms with E-state index in [0.717, 1.165) is 26.8 Å². The van der Waals surface area contributed by atoms with Crippen LogP contribution >= 0.6 is 27.5 Å². The number of imidazole rings is 1. The highest BCUT2D eigenvalue weighted by molar-refractivity contribution is 9.10. The lowest BCUT2D eigenvalue weighted by molar-refractivity contribution is 0.413. The van der Waals surface area contributed by atoms with Crippen LogP contribution < -0.4 is 10.5 Å². The van der Waals surface area contributed by atoms with Gasteiger partial charge in [0.2, 0.25) is 5.95 Å². The van der Waals surface area contributed by atoms with E-state index in [0.29, 0.717) is 16.7 Å². The average molecular weight is 367 g/mol. The van der Waals surface area contributed by atoms with E-state index in [1.807, 2.05) is 35.8 Å². The van der Waals surface area contributed by atoms with E-state index < -0.39 is 0 Å². The molecule has 0 aliphatic rings. The molecule has 1 heterocycles. The molecule has 0 aliphatic carbocycles. The van der Waals surface area contributed by atoms with Gasteiger partial charge in [0.1, 0.15) is 5.75 Å². The van der Waals surface area contributed by atoms with Crippen LogP contribution in [0.15, 0.2) is 34.8 Å². The van der Waals surface area contributed by atoms with E-state index in [2.05, 4.69) is 20.9 Å². The number of anilines is 1. The maximum absolute atomic E-state index is 6.17. The van der Waals surface area contributed by atoms with Crippen molar-refractivity contribution in [1.82, 2.24) is 9.55 Å². The molecule has 0 saturated carbocycles. The Balaban J connectivity index is 2.37. The lowest BCUT2D eigenvalue weighted by Gasteiger charge is -2.13. The van der Waals surface area contributed by atoms with Crippen molar-refractivity contribution in [1.29, 1.82) is 0 Å². The van der Waals surface area contributed by atoms with Crippen LogP contribution in [-0.4, -0.2) is 16.7 Å². The van der Waals surface area contributed by atoms with Crippen LogP contribution in [0.2, 0.25) is 5.02 Å². The van der Waals surface area contributed by atoms with Gasteiger partial charge in [-0.05, 0) is 36.8 Å². The summed E-state index contributed by atoms with van der Waals surface area (Å²) in [6.07, 6.45) is 0. The first-order valence-corrected chi connectivity index (χ1v) is 7.46. The second-order valence-electron chi connectivity index (χ2n) is 4.71. The van der Waals surface area contributed by atoms with Gasteiger partial charge < -0.3 is 10.5 Å². The van der Waals surface area contributed by atoms with Gasteiger partial charge in [0.15, 0.2) is 0 Å². The lowest BCUT2D eigenvalue weighted by atomic mass is 10.2. The molecule has 0 amide bonds. The highest BCUT2D eigenvalue weighted by Gasteiger charge is 2.15. The van der Waals surface area contributed by atoms with Crippen LogP contribution in [0.3, 0.4) is 0 Å². The number of hydrogen-bond acceptors (Lipinski definition) is 3. The Morgan fingerprint density at radius 1 is 1.29 bits per heavy atom. The highest BCUT2D eigenvalue weighted by atomic mass is 79.9. The van der Waals surface area contributed by atoms with Gasteiger partial charge in [-0.15, -0.1) is 0 Å². The molecular weight excluding hydrogens is 354 g/mol. The lowest BCUT2D eigenvalue weighted by Crippen LogP contribution is -2.03. The minimum Gasteiger partial charge on any atom is -0.495 e. The van der Waals surface area contributed by atoms with Crippen LogP contribution in [0.25, 0.3) is 16.7 Å². The Morgan fingerprint density at radius 2 is 2.05 bits per heavy atom. The molecule has 108 valence electrons. The quantitative estimate of drug-likeness (QED) is 0.734. The van der Waals surface area contributed by atoms with E-state index in [1.54, 1.807) is 13.2 Å². The number of halogens is 2. The number of hydrogen-bond donors (Lipinski definition) is 1. The Bertz CT molecular complexity index is 845. The molecule has 4 nitrogen and oxygen atoms in total. The Kier molecular flexibility index (Phi) is 3.55. The number of nitrogens with two attached hydrogens (primary N) is 1. The number of methoxy groups -OCH3 is 1. The molecule has 2 N–H and O–H groups in total. The number of aromatic nitrogens is 2. The molecule has 21 heavy (non-hydrogen) atoms. The Hall–Kier alpha value is -1.72. The number of aryl methyl sites for hydroxylation is 1. The van der Waals surface area contributed by atoms with Crippen molar-refractivity contribution in [3.8, 4) is 11.4 Å². The van der Waals surface area contributed by atoms with E-state index >= 15 is 0 Å². The summed E-state index contributed by atoms with van der Waals surface area (Å²) in [6.45, 7) is 1.94. The van der Waals surface area contributed by atoms with Gasteiger partial charge in [0.25, 0.3) is 0 Å². The third-order valence-corrected chi connectivity index (χ3v) is 4.24. The van der Waals surface area contributed by atoms with Gasteiger partial charge in [-0.1, -0.05) is 27.5 Å². The molecule has 2 aromatic carbocycles. The largest absolute Gasteiger partial charge is 0.495 e. The van der Waals surface area contributed by atoms with Crippen LogP contribution in [0.1, 0.15) is 5.56 Å². The average Bonchev–Trinajstić information content (AvgIpc) is 2.76. The molecule has 0 unspecified atom stereocenters. The van der Waals surface area contributed by atoms with Crippen molar-refractivity contribution in [2.45, 2.75) is 6.92 Å². The van der Waals surface area contributed by atoms with Crippen LogP contribution in [-0.2, 0) is 0 Å². The maximum Gasteiger partial charge on any atom is 0.206 e. The topological polar surface area (TPSA) is 53.1 Å². The first-order valence-electron chi connectivity index (χ1n) is 6.29. The van der Waals surface area contributed by atoms with Gasteiger partial charge in [0.05, 0.1) is 23.8 Å². The van der Waals surface area contributed by atoms with Gasteiger partial charge in [-0.2, -0.15) is 0 Å². The van der Waals surface area contributed by atoms with Crippen molar-refractivity contribution >= 4 is 44.5 Å². The van der Waals surface area contributed by atoms with E-state index in [1.165, 1.54) is 0 Å². The van der Waals surface area contributed by atoms with Crippen molar-refractivity contribution in [3.05, 3.63) is 45.4 Å². The van der Waals surface area contributed by atoms with Crippen molar-refractivity contribution in [2.75, 3.05) is 12.8 Å². The first kappa shape index (κ1) is 14.2. The standard InChI is InChI=1S/C15H13BrClN3O/c1-8-5-13(14(21-2)7-10(8)17)20-12-6-9(16)3-4-11(12)19-15(20)18/h3-7H,1-2H3,(H2,18,19). The minimum absolute atomic E-state index is 0.406. The van der Waals surface area contributed by atoms with E-state index in [9.17, 15) is 0 Å². The normalized spacial score (nSPS) is 11.0. The molecule has 0 saturated heterocycles. The zero-order valence-corrected chi connectivity index (χ0v) is 13.9. The van der Waals surface area contributed by atoms with Crippen LogP contribution in [0, 0.1) is 6.92 Å². The van der Waals surface area contributed by atoms with Crippen molar-refractivity contribution in [3.63, 3.8) is 0 Å². The van der Waals surface area contributed by atoms with E-state index in [-0.39, 0.29) is 0 Å². The highest BCUT2D eigenvalue weighted by Crippen LogP contribution is 2.34. The second-order valence-corrected chi connectivity index (χ2v) is 6.03. The maximum atomic E-state index is 6.17. The third kappa shape index (κ3) is 2.36. The molecule has 0 aliphatic heterocycles. The SMILES string of the molecule is COc1cc(Cl)c(C)cc1-n1c(N)nc2ccc(Br)cc21. The second kappa shape index (κ2) is 5.24. The fraction of sp³-hybridized carbons (Fsp3) is 0.133. The number of benzene rings is 2. The Morgan fingerprint density at radius 3 is 2.76 bits per heavy atom. The molecular formula is C15H13BrClN3O. The first-order chi connectivity index (χ1) is 10.0. The predicted molar refractivity (Wildman–Crippen MR) is 89.5 cm³/mol. The van der Waals surface area contributed by atoms with Crippen LogP contribution in [0.5, 0.6) is 5.75 Å². The molecule has 0 radical (unpaired) electrons. The molecule has 0 atom stereocenters. The smallest absolute Gasteiger partial charge is 0.206 e. The summed E-state index contributed by atoms with van der Waals surface area (Å²) in [7, 11) is 1.61. The zero-order chi connectivity index (χ0) is 15.1. The van der Waals surface area contributed by atoms with Gasteiger partial charge in [0, 0.05) is 15.6 Å². The molecule has 0 bridgehead atoms. The fourth-order valence-electron chi connectivity index (χ4n) is 2.31. The summed E-state index contributed by atoms with van der Waals surface area (Å²) in [4.78, 5) is 4.39. The van der Waals surface area contributed by atoms with E-state index in [4.69, 9.17) is 22.1 Å². The molecule has 3 rings (SSSR count). The van der Waals surface area contributed by atoms with Gasteiger partial charge >= 0.3 is 0 Å². The number of nitrogen functional groups attached to an aromatic ring is 1. The molecule has 6 heteroatoms. The summed E-state index contributed by atoms with van der Waals surface area (Å²) in [5.74, 6) is 1.06. The van der Waals surface area contributed by atoms with Crippen molar-refractivity contribution in [2.24, 2.45) is 0 Å². The molecule has 1 aromatic heterocycles. The van der Waals surface area contributed by atoms with Gasteiger partial charge in [-0.3, -0.25) is 4.57 Å². The molecule has 0 spiro atoms. The monoisotopic (exact) mass is 365 g/mol. The third-order valence-electron chi connectivity index (χ3n) is 3.34. The van der Waals surface area contributed by atoms with Gasteiger partial charge in [-0.25, -0.2) is 4.98 Å². The predicted octanol–water partition coefficient (Wildman–Crippen LogP) is 4.34. The summed E-state index contributed by atoms with van der Waals surface area (Å²) in [6, 6.07) is 9.56.